The minimum atomic E-state index is 0.392. The molecule has 0 bridgehead atoms. The molecule has 1 unspecified atom stereocenters. The maximum absolute atomic E-state index is 5.46. The van der Waals surface area contributed by atoms with Crippen molar-refractivity contribution in [2.24, 2.45) is 5.73 Å². The summed E-state index contributed by atoms with van der Waals surface area (Å²) >= 11 is 3.42. The third-order valence-electron chi connectivity index (χ3n) is 1.77. The molecule has 0 amide bonds. The summed E-state index contributed by atoms with van der Waals surface area (Å²) in [6.07, 6.45) is 4.51. The molecule has 1 rings (SSSR count). The zero-order chi connectivity index (χ0) is 9.68. The summed E-state index contributed by atoms with van der Waals surface area (Å²) in [6, 6.07) is 2.33. The second kappa shape index (κ2) is 5.19. The van der Waals surface area contributed by atoms with E-state index in [4.69, 9.17) is 5.73 Å². The molecule has 72 valence electrons. The van der Waals surface area contributed by atoms with E-state index in [0.717, 1.165) is 16.6 Å². The minimum absolute atomic E-state index is 0.392. The number of nitrogens with two attached hydrogens (primary N) is 1. The van der Waals surface area contributed by atoms with E-state index < -0.39 is 0 Å². The van der Waals surface area contributed by atoms with Crippen molar-refractivity contribution in [3.8, 4) is 0 Å². The molecule has 1 atom stereocenters. The Bertz CT molecular complexity index is 265. The van der Waals surface area contributed by atoms with Crippen molar-refractivity contribution in [3.63, 3.8) is 0 Å². The maximum atomic E-state index is 5.46. The standard InChI is InChI=1S/C9H14BrN3/c1-7(2-4-11)13-9-3-5-12-6-8(9)10/h3,5-7H,2,4,11H2,1H3,(H,12,13). The summed E-state index contributed by atoms with van der Waals surface area (Å²) in [5.74, 6) is 0. The van der Waals surface area contributed by atoms with Gasteiger partial charge in [0.15, 0.2) is 0 Å². The van der Waals surface area contributed by atoms with E-state index >= 15 is 0 Å². The lowest BCUT2D eigenvalue weighted by atomic mass is 10.2. The Labute approximate surface area is 86.9 Å². The summed E-state index contributed by atoms with van der Waals surface area (Å²) in [6.45, 7) is 2.82. The third-order valence-corrected chi connectivity index (χ3v) is 2.41. The highest BCUT2D eigenvalue weighted by Crippen LogP contribution is 2.20. The molecule has 1 heterocycles. The van der Waals surface area contributed by atoms with Crippen LogP contribution in [0.15, 0.2) is 22.9 Å². The van der Waals surface area contributed by atoms with E-state index in [1.807, 2.05) is 6.07 Å². The first-order valence-electron chi connectivity index (χ1n) is 4.30. The van der Waals surface area contributed by atoms with Crippen LogP contribution in [0.2, 0.25) is 0 Å². The fraction of sp³-hybridized carbons (Fsp3) is 0.444. The summed E-state index contributed by atoms with van der Waals surface area (Å²) in [7, 11) is 0. The van der Waals surface area contributed by atoms with E-state index in [2.05, 4.69) is 33.2 Å². The molecule has 0 aliphatic carbocycles. The average Bonchev–Trinajstić information content (AvgIpc) is 2.09. The zero-order valence-electron chi connectivity index (χ0n) is 7.63. The molecule has 4 heteroatoms. The van der Waals surface area contributed by atoms with Crippen molar-refractivity contribution in [1.82, 2.24) is 4.98 Å². The van der Waals surface area contributed by atoms with Gasteiger partial charge >= 0.3 is 0 Å². The Morgan fingerprint density at radius 1 is 1.69 bits per heavy atom. The van der Waals surface area contributed by atoms with Gasteiger partial charge in [-0.2, -0.15) is 0 Å². The van der Waals surface area contributed by atoms with Gasteiger partial charge in [-0.1, -0.05) is 0 Å². The normalized spacial score (nSPS) is 12.5. The lowest BCUT2D eigenvalue weighted by Gasteiger charge is -2.14. The third kappa shape index (κ3) is 3.32. The highest BCUT2D eigenvalue weighted by Gasteiger charge is 2.02. The van der Waals surface area contributed by atoms with E-state index in [0.29, 0.717) is 12.6 Å². The summed E-state index contributed by atoms with van der Waals surface area (Å²) in [4.78, 5) is 3.99. The molecule has 1 aromatic heterocycles. The fourth-order valence-electron chi connectivity index (χ4n) is 1.08. The molecule has 1 aromatic rings. The molecule has 13 heavy (non-hydrogen) atoms. The van der Waals surface area contributed by atoms with Crippen molar-refractivity contribution in [2.75, 3.05) is 11.9 Å². The van der Waals surface area contributed by atoms with Crippen LogP contribution in [0.5, 0.6) is 0 Å². The maximum Gasteiger partial charge on any atom is 0.0590 e. The van der Waals surface area contributed by atoms with E-state index in [1.165, 1.54) is 0 Å². The molecule has 0 aliphatic heterocycles. The van der Waals surface area contributed by atoms with Crippen LogP contribution in [0.25, 0.3) is 0 Å². The van der Waals surface area contributed by atoms with Crippen LogP contribution in [0, 0.1) is 0 Å². The summed E-state index contributed by atoms with van der Waals surface area (Å²) < 4.78 is 0.985. The quantitative estimate of drug-likeness (QED) is 0.851. The van der Waals surface area contributed by atoms with Gasteiger partial charge in [0.2, 0.25) is 0 Å². The molecule has 0 fully saturated rings. The van der Waals surface area contributed by atoms with Gasteiger partial charge in [0, 0.05) is 18.4 Å². The summed E-state index contributed by atoms with van der Waals surface area (Å²) in [5.41, 5.74) is 6.52. The molecule has 0 aliphatic rings. The second-order valence-electron chi connectivity index (χ2n) is 2.98. The number of nitrogens with zero attached hydrogens (tertiary/aromatic N) is 1. The SMILES string of the molecule is CC(CCN)Nc1ccncc1Br. The van der Waals surface area contributed by atoms with E-state index in [9.17, 15) is 0 Å². The van der Waals surface area contributed by atoms with Crippen molar-refractivity contribution in [2.45, 2.75) is 19.4 Å². The Morgan fingerprint density at radius 3 is 3.08 bits per heavy atom. The summed E-state index contributed by atoms with van der Waals surface area (Å²) in [5, 5.41) is 3.34. The Hall–Kier alpha value is -0.610. The molecular formula is C9H14BrN3. The lowest BCUT2D eigenvalue weighted by Crippen LogP contribution is -2.19. The van der Waals surface area contributed by atoms with Gasteiger partial charge in [-0.15, -0.1) is 0 Å². The number of aromatic nitrogens is 1. The average molecular weight is 244 g/mol. The number of halogens is 1. The van der Waals surface area contributed by atoms with Crippen molar-refractivity contribution in [3.05, 3.63) is 22.9 Å². The van der Waals surface area contributed by atoms with Crippen LogP contribution >= 0.6 is 15.9 Å². The number of hydrogen-bond donors (Lipinski definition) is 2. The van der Waals surface area contributed by atoms with Gasteiger partial charge in [0.1, 0.15) is 0 Å². The molecule has 0 saturated heterocycles. The van der Waals surface area contributed by atoms with Crippen LogP contribution in [0.1, 0.15) is 13.3 Å². The molecule has 0 aromatic carbocycles. The predicted molar refractivity (Wildman–Crippen MR) is 58.7 cm³/mol. The van der Waals surface area contributed by atoms with Gasteiger partial charge in [-0.25, -0.2) is 0 Å². The lowest BCUT2D eigenvalue weighted by molar-refractivity contribution is 0.716. The fourth-order valence-corrected chi connectivity index (χ4v) is 1.44. The molecule has 3 N–H and O–H groups in total. The number of pyridine rings is 1. The number of hydrogen-bond acceptors (Lipinski definition) is 3. The van der Waals surface area contributed by atoms with Crippen LogP contribution in [-0.4, -0.2) is 17.6 Å². The zero-order valence-corrected chi connectivity index (χ0v) is 9.21. The Morgan fingerprint density at radius 2 is 2.46 bits per heavy atom. The highest BCUT2D eigenvalue weighted by molar-refractivity contribution is 9.10. The van der Waals surface area contributed by atoms with Crippen LogP contribution in [0.3, 0.4) is 0 Å². The van der Waals surface area contributed by atoms with Crippen molar-refractivity contribution >= 4 is 21.6 Å². The Balaban J connectivity index is 2.58. The first kappa shape index (κ1) is 10.5. The van der Waals surface area contributed by atoms with E-state index in [-0.39, 0.29) is 0 Å². The monoisotopic (exact) mass is 243 g/mol. The Kier molecular flexibility index (Phi) is 4.18. The van der Waals surface area contributed by atoms with Crippen LogP contribution in [0.4, 0.5) is 5.69 Å². The van der Waals surface area contributed by atoms with Gasteiger partial charge in [0.05, 0.1) is 10.2 Å². The number of rotatable bonds is 4. The van der Waals surface area contributed by atoms with Gasteiger partial charge in [-0.3, -0.25) is 4.98 Å². The second-order valence-corrected chi connectivity index (χ2v) is 3.83. The largest absolute Gasteiger partial charge is 0.382 e. The first-order chi connectivity index (χ1) is 6.24. The molecule has 0 spiro atoms. The topological polar surface area (TPSA) is 50.9 Å². The van der Waals surface area contributed by atoms with Crippen LogP contribution < -0.4 is 11.1 Å². The molecular weight excluding hydrogens is 230 g/mol. The molecule has 3 nitrogen and oxygen atoms in total. The highest BCUT2D eigenvalue weighted by atomic mass is 79.9. The van der Waals surface area contributed by atoms with E-state index in [1.54, 1.807) is 12.4 Å². The van der Waals surface area contributed by atoms with Crippen LogP contribution in [-0.2, 0) is 0 Å². The minimum Gasteiger partial charge on any atom is -0.382 e. The van der Waals surface area contributed by atoms with Gasteiger partial charge in [0.25, 0.3) is 0 Å². The molecule has 0 radical (unpaired) electrons. The predicted octanol–water partition coefficient (Wildman–Crippen LogP) is 1.99. The van der Waals surface area contributed by atoms with Gasteiger partial charge in [-0.05, 0) is 41.9 Å². The molecule has 0 saturated carbocycles. The number of nitrogens with one attached hydrogen (secondary N) is 1. The van der Waals surface area contributed by atoms with Gasteiger partial charge < -0.3 is 11.1 Å². The van der Waals surface area contributed by atoms with Crippen molar-refractivity contribution in [1.29, 1.82) is 0 Å². The first-order valence-corrected chi connectivity index (χ1v) is 5.09. The smallest absolute Gasteiger partial charge is 0.0590 e. The van der Waals surface area contributed by atoms with Crippen molar-refractivity contribution < 1.29 is 0 Å². The number of anilines is 1.